The maximum Gasteiger partial charge on any atom is 0.159 e. The van der Waals surface area contributed by atoms with Crippen LogP contribution < -0.4 is 5.32 Å². The summed E-state index contributed by atoms with van der Waals surface area (Å²) in [5.74, 6) is -0.914. The maximum absolute atomic E-state index is 13.0. The summed E-state index contributed by atoms with van der Waals surface area (Å²) in [7, 11) is 0. The van der Waals surface area contributed by atoms with E-state index in [2.05, 4.69) is 12.2 Å². The topological polar surface area (TPSA) is 12.0 Å². The quantitative estimate of drug-likeness (QED) is 0.816. The summed E-state index contributed by atoms with van der Waals surface area (Å²) in [6, 6.07) is 4.76. The van der Waals surface area contributed by atoms with Crippen molar-refractivity contribution < 1.29 is 8.78 Å². The summed E-state index contributed by atoms with van der Waals surface area (Å²) in [6.07, 6.45) is 3.07. The summed E-state index contributed by atoms with van der Waals surface area (Å²) in [5, 5.41) is 3.38. The van der Waals surface area contributed by atoms with Crippen LogP contribution in [0, 0.1) is 17.6 Å². The average molecular weight is 225 g/mol. The maximum atomic E-state index is 13.0. The first-order valence-electron chi connectivity index (χ1n) is 5.82. The van der Waals surface area contributed by atoms with Gasteiger partial charge in [-0.15, -0.1) is 0 Å². The van der Waals surface area contributed by atoms with Crippen LogP contribution in [0.1, 0.15) is 25.3 Å². The third-order valence-electron chi connectivity index (χ3n) is 3.24. The second-order valence-electron chi connectivity index (χ2n) is 4.70. The van der Waals surface area contributed by atoms with Gasteiger partial charge < -0.3 is 5.32 Å². The summed E-state index contributed by atoms with van der Waals surface area (Å²) in [5.41, 5.74) is 0.901. The molecule has 0 aliphatic carbocycles. The van der Waals surface area contributed by atoms with E-state index in [1.165, 1.54) is 12.1 Å². The minimum Gasteiger partial charge on any atom is -0.314 e. The molecule has 2 unspecified atom stereocenters. The van der Waals surface area contributed by atoms with Crippen molar-refractivity contribution in [3.8, 4) is 0 Å². The van der Waals surface area contributed by atoms with Crippen molar-refractivity contribution in [1.29, 1.82) is 0 Å². The summed E-state index contributed by atoms with van der Waals surface area (Å²) >= 11 is 0. The Morgan fingerprint density at radius 3 is 2.81 bits per heavy atom. The van der Waals surface area contributed by atoms with Gasteiger partial charge in [-0.1, -0.05) is 6.07 Å². The van der Waals surface area contributed by atoms with Gasteiger partial charge in [-0.25, -0.2) is 8.78 Å². The fourth-order valence-corrected chi connectivity index (χ4v) is 2.42. The van der Waals surface area contributed by atoms with Crippen molar-refractivity contribution in [3.63, 3.8) is 0 Å². The molecule has 16 heavy (non-hydrogen) atoms. The van der Waals surface area contributed by atoms with Crippen LogP contribution in [0.15, 0.2) is 18.2 Å². The van der Waals surface area contributed by atoms with Crippen molar-refractivity contribution in [1.82, 2.24) is 5.32 Å². The van der Waals surface area contributed by atoms with E-state index >= 15 is 0 Å². The molecule has 2 rings (SSSR count). The third kappa shape index (κ3) is 2.79. The first kappa shape index (κ1) is 11.5. The van der Waals surface area contributed by atoms with Gasteiger partial charge in [0.05, 0.1) is 0 Å². The molecule has 1 N–H and O–H groups in total. The zero-order chi connectivity index (χ0) is 11.5. The highest BCUT2D eigenvalue weighted by Gasteiger charge is 2.18. The van der Waals surface area contributed by atoms with Gasteiger partial charge in [-0.2, -0.15) is 0 Å². The van der Waals surface area contributed by atoms with Crippen molar-refractivity contribution in [2.45, 2.75) is 32.2 Å². The number of piperidine rings is 1. The van der Waals surface area contributed by atoms with Crippen molar-refractivity contribution in [2.24, 2.45) is 5.92 Å². The molecule has 0 radical (unpaired) electrons. The van der Waals surface area contributed by atoms with Crippen LogP contribution in [0.25, 0.3) is 0 Å². The largest absolute Gasteiger partial charge is 0.314 e. The SMILES string of the molecule is CC1CC(Cc2ccc(F)c(F)c2)CCN1. The molecular formula is C13H17F2N. The van der Waals surface area contributed by atoms with Crippen LogP contribution in [0.5, 0.6) is 0 Å². The van der Waals surface area contributed by atoms with Crippen LogP contribution in [-0.2, 0) is 6.42 Å². The molecule has 1 aliphatic rings. The van der Waals surface area contributed by atoms with Crippen molar-refractivity contribution in [3.05, 3.63) is 35.4 Å². The molecule has 1 heterocycles. The predicted molar refractivity (Wildman–Crippen MR) is 60.3 cm³/mol. The fourth-order valence-electron chi connectivity index (χ4n) is 2.42. The van der Waals surface area contributed by atoms with E-state index in [4.69, 9.17) is 0 Å². The lowest BCUT2D eigenvalue weighted by Crippen LogP contribution is -2.36. The van der Waals surface area contributed by atoms with Gasteiger partial charge in [0.15, 0.2) is 11.6 Å². The van der Waals surface area contributed by atoms with E-state index in [-0.39, 0.29) is 0 Å². The molecule has 0 bridgehead atoms. The van der Waals surface area contributed by atoms with E-state index in [1.54, 1.807) is 6.07 Å². The average Bonchev–Trinajstić information content (AvgIpc) is 2.24. The first-order chi connectivity index (χ1) is 7.65. The smallest absolute Gasteiger partial charge is 0.159 e. The lowest BCUT2D eigenvalue weighted by Gasteiger charge is -2.28. The van der Waals surface area contributed by atoms with E-state index in [9.17, 15) is 8.78 Å². The number of benzene rings is 1. The number of nitrogens with one attached hydrogen (secondary N) is 1. The molecule has 0 spiro atoms. The standard InChI is InChI=1S/C13H17F2N/c1-9-6-11(4-5-16-9)7-10-2-3-12(14)13(15)8-10/h2-3,8-9,11,16H,4-7H2,1H3. The van der Waals surface area contributed by atoms with E-state index in [1.807, 2.05) is 0 Å². The Morgan fingerprint density at radius 2 is 2.12 bits per heavy atom. The minimum atomic E-state index is -0.762. The number of rotatable bonds is 2. The number of hydrogen-bond donors (Lipinski definition) is 1. The Hall–Kier alpha value is -0.960. The van der Waals surface area contributed by atoms with Crippen LogP contribution in [0.4, 0.5) is 8.78 Å². The van der Waals surface area contributed by atoms with Crippen LogP contribution in [0.3, 0.4) is 0 Å². The Kier molecular flexibility index (Phi) is 3.54. The third-order valence-corrected chi connectivity index (χ3v) is 3.24. The molecule has 1 saturated heterocycles. The molecule has 2 atom stereocenters. The van der Waals surface area contributed by atoms with E-state index in [0.29, 0.717) is 12.0 Å². The van der Waals surface area contributed by atoms with Gasteiger partial charge in [-0.3, -0.25) is 0 Å². The summed E-state index contributed by atoms with van der Waals surface area (Å²) < 4.78 is 25.8. The second-order valence-corrected chi connectivity index (χ2v) is 4.70. The Labute approximate surface area is 94.9 Å². The van der Waals surface area contributed by atoms with Gasteiger partial charge in [0, 0.05) is 6.04 Å². The van der Waals surface area contributed by atoms with Crippen molar-refractivity contribution >= 4 is 0 Å². The molecule has 0 aromatic heterocycles. The molecule has 1 fully saturated rings. The van der Waals surface area contributed by atoms with Crippen LogP contribution >= 0.6 is 0 Å². The number of halogens is 2. The second kappa shape index (κ2) is 4.91. The molecule has 1 nitrogen and oxygen atoms in total. The highest BCUT2D eigenvalue weighted by atomic mass is 19.2. The molecule has 0 saturated carbocycles. The zero-order valence-electron chi connectivity index (χ0n) is 9.47. The highest BCUT2D eigenvalue weighted by molar-refractivity contribution is 5.18. The normalized spacial score (nSPS) is 25.7. The molecule has 0 amide bonds. The summed E-state index contributed by atoms with van der Waals surface area (Å²) in [4.78, 5) is 0. The van der Waals surface area contributed by atoms with E-state index < -0.39 is 11.6 Å². The van der Waals surface area contributed by atoms with Gasteiger partial charge >= 0.3 is 0 Å². The van der Waals surface area contributed by atoms with Crippen LogP contribution in [0.2, 0.25) is 0 Å². The van der Waals surface area contributed by atoms with E-state index in [0.717, 1.165) is 31.4 Å². The predicted octanol–water partition coefficient (Wildman–Crippen LogP) is 2.90. The summed E-state index contributed by atoms with van der Waals surface area (Å²) in [6.45, 7) is 3.19. The van der Waals surface area contributed by atoms with Gasteiger partial charge in [0.2, 0.25) is 0 Å². The zero-order valence-corrected chi connectivity index (χ0v) is 9.47. The Bertz CT molecular complexity index is 365. The molecular weight excluding hydrogens is 208 g/mol. The highest BCUT2D eigenvalue weighted by Crippen LogP contribution is 2.21. The molecule has 1 aromatic rings. The lowest BCUT2D eigenvalue weighted by molar-refractivity contribution is 0.313. The number of hydrogen-bond acceptors (Lipinski definition) is 1. The molecule has 88 valence electrons. The van der Waals surface area contributed by atoms with Gasteiger partial charge in [-0.05, 0) is 56.3 Å². The monoisotopic (exact) mass is 225 g/mol. The van der Waals surface area contributed by atoms with Crippen LogP contribution in [-0.4, -0.2) is 12.6 Å². The minimum absolute atomic E-state index is 0.532. The molecule has 1 aromatic carbocycles. The lowest BCUT2D eigenvalue weighted by atomic mass is 9.88. The van der Waals surface area contributed by atoms with Gasteiger partial charge in [0.1, 0.15) is 0 Å². The first-order valence-corrected chi connectivity index (χ1v) is 5.82. The molecule has 1 aliphatic heterocycles. The Balaban J connectivity index is 2.00. The van der Waals surface area contributed by atoms with Crippen molar-refractivity contribution in [2.75, 3.05) is 6.54 Å². The molecule has 3 heteroatoms. The fraction of sp³-hybridized carbons (Fsp3) is 0.538. The Morgan fingerprint density at radius 1 is 1.31 bits per heavy atom. The van der Waals surface area contributed by atoms with Gasteiger partial charge in [0.25, 0.3) is 0 Å².